The van der Waals surface area contributed by atoms with E-state index in [0.717, 1.165) is 0 Å². The van der Waals surface area contributed by atoms with Crippen LogP contribution in [0.1, 0.15) is 16.1 Å². The average Bonchev–Trinajstić information content (AvgIpc) is 3.36. The third-order valence-corrected chi connectivity index (χ3v) is 4.77. The summed E-state index contributed by atoms with van der Waals surface area (Å²) in [6.07, 6.45) is -2.09. The number of hydrogen-bond donors (Lipinski definition) is 1. The summed E-state index contributed by atoms with van der Waals surface area (Å²) >= 11 is 0.180. The molecule has 0 radical (unpaired) electrons. The molecular weight excluding hydrogens is 425 g/mol. The summed E-state index contributed by atoms with van der Waals surface area (Å²) in [5.74, 6) is -1.84. The number of rotatable bonds is 3. The lowest BCUT2D eigenvalue weighted by Crippen LogP contribution is -2.35. The van der Waals surface area contributed by atoms with Gasteiger partial charge >= 0.3 is 12.1 Å². The summed E-state index contributed by atoms with van der Waals surface area (Å²) < 4.78 is 48.6. The Hall–Kier alpha value is -3.67. The smallest absolute Gasteiger partial charge is 0.441 e. The van der Waals surface area contributed by atoms with E-state index in [0.29, 0.717) is 10.6 Å². The Morgan fingerprint density at radius 1 is 1.23 bits per heavy atom. The highest BCUT2D eigenvalue weighted by Gasteiger charge is 2.46. The number of nitrogens with zero attached hydrogens (tertiary/aromatic N) is 3. The third kappa shape index (κ3) is 3.76. The molecule has 0 unspecified atom stereocenters. The van der Waals surface area contributed by atoms with Gasteiger partial charge in [0.2, 0.25) is 16.0 Å². The SMILES string of the molecule is N=C1/C(=C/c2ccc(OC(=O)c3ccco3)cc2)C(=O)N=C2SC(C(F)(F)F)=NN12. The molecule has 1 amide bonds. The number of furan rings is 1. The number of aliphatic imine (C=N–C) groups is 1. The molecule has 0 fully saturated rings. The zero-order chi connectivity index (χ0) is 21.5. The second kappa shape index (κ2) is 7.30. The van der Waals surface area contributed by atoms with Crippen LogP contribution in [0.3, 0.4) is 0 Å². The van der Waals surface area contributed by atoms with Gasteiger partial charge in [-0.25, -0.2) is 4.79 Å². The maximum absolute atomic E-state index is 12.8. The Bertz CT molecular complexity index is 1140. The summed E-state index contributed by atoms with van der Waals surface area (Å²) in [7, 11) is 0. The maximum Gasteiger partial charge on any atom is 0.441 e. The highest BCUT2D eigenvalue weighted by Crippen LogP contribution is 2.35. The molecule has 1 N–H and O–H groups in total. The second-order valence-electron chi connectivity index (χ2n) is 5.86. The number of carbonyl (C=O) groups is 2. The molecule has 2 aliphatic heterocycles. The fraction of sp³-hybridized carbons (Fsp3) is 0.0556. The van der Waals surface area contributed by atoms with Crippen molar-refractivity contribution in [3.63, 3.8) is 0 Å². The van der Waals surface area contributed by atoms with Gasteiger partial charge in [0.1, 0.15) is 5.75 Å². The van der Waals surface area contributed by atoms with Crippen molar-refractivity contribution in [2.45, 2.75) is 6.18 Å². The van der Waals surface area contributed by atoms with Gasteiger partial charge in [-0.15, -0.1) is 0 Å². The molecule has 2 aromatic rings. The van der Waals surface area contributed by atoms with Crippen LogP contribution in [0.15, 0.2) is 62.7 Å². The first-order valence-electron chi connectivity index (χ1n) is 8.15. The number of carbonyl (C=O) groups excluding carboxylic acids is 2. The Labute approximate surface area is 170 Å². The standard InChI is InChI=1S/C18H9F3N4O4S/c19-18(20,21)16-24-25-13(22)11(14(26)23-17(25)30-16)8-9-3-5-10(6-4-9)29-15(27)12-2-1-7-28-12/h1-8,22H/b11-8-,22-13?. The molecule has 30 heavy (non-hydrogen) atoms. The van der Waals surface area contributed by atoms with Gasteiger partial charge in [-0.1, -0.05) is 12.1 Å². The van der Waals surface area contributed by atoms with E-state index in [-0.39, 0.29) is 34.0 Å². The van der Waals surface area contributed by atoms with Crippen LogP contribution in [0.5, 0.6) is 5.75 Å². The van der Waals surface area contributed by atoms with Crippen molar-refractivity contribution in [1.29, 1.82) is 5.41 Å². The normalized spacial score (nSPS) is 17.7. The van der Waals surface area contributed by atoms with Gasteiger partial charge < -0.3 is 9.15 Å². The molecule has 1 aromatic heterocycles. The van der Waals surface area contributed by atoms with Crippen LogP contribution in [0, 0.1) is 5.41 Å². The third-order valence-electron chi connectivity index (χ3n) is 3.82. The van der Waals surface area contributed by atoms with Crippen LogP contribution >= 0.6 is 11.8 Å². The number of hydrogen-bond acceptors (Lipinski definition) is 7. The fourth-order valence-corrected chi connectivity index (χ4v) is 3.22. The highest BCUT2D eigenvalue weighted by atomic mass is 32.2. The molecule has 0 saturated heterocycles. The quantitative estimate of drug-likeness (QED) is 0.449. The van der Waals surface area contributed by atoms with E-state index in [2.05, 4.69) is 10.1 Å². The Balaban J connectivity index is 1.53. The first kappa shape index (κ1) is 19.6. The summed E-state index contributed by atoms with van der Waals surface area (Å²) in [6.45, 7) is 0. The van der Waals surface area contributed by atoms with Crippen LogP contribution in [-0.2, 0) is 4.79 Å². The Morgan fingerprint density at radius 2 is 1.97 bits per heavy atom. The minimum absolute atomic E-state index is 0.0263. The van der Waals surface area contributed by atoms with Crippen LogP contribution in [0.4, 0.5) is 13.2 Å². The van der Waals surface area contributed by atoms with Crippen molar-refractivity contribution < 1.29 is 31.9 Å². The fourth-order valence-electron chi connectivity index (χ4n) is 2.46. The van der Waals surface area contributed by atoms with Crippen LogP contribution in [-0.4, -0.2) is 39.1 Å². The molecule has 2 aliphatic rings. The highest BCUT2D eigenvalue weighted by molar-refractivity contribution is 8.27. The van der Waals surface area contributed by atoms with E-state index in [1.165, 1.54) is 48.7 Å². The number of esters is 1. The second-order valence-corrected chi connectivity index (χ2v) is 6.81. The average molecular weight is 434 g/mol. The van der Waals surface area contributed by atoms with Gasteiger partial charge in [0.25, 0.3) is 5.91 Å². The van der Waals surface area contributed by atoms with Crippen molar-refractivity contribution in [3.8, 4) is 5.75 Å². The van der Waals surface area contributed by atoms with E-state index in [1.54, 1.807) is 0 Å². The molecule has 1 aromatic carbocycles. The number of hydrazone groups is 1. The first-order valence-corrected chi connectivity index (χ1v) is 8.97. The predicted molar refractivity (Wildman–Crippen MR) is 101 cm³/mol. The number of ether oxygens (including phenoxy) is 1. The van der Waals surface area contributed by atoms with Gasteiger partial charge in [0.05, 0.1) is 11.8 Å². The van der Waals surface area contributed by atoms with Crippen molar-refractivity contribution in [3.05, 3.63) is 59.6 Å². The molecule has 0 aliphatic carbocycles. The molecular formula is C18H9F3N4O4S. The largest absolute Gasteiger partial charge is 0.457 e. The maximum atomic E-state index is 12.8. The number of nitrogens with one attached hydrogen (secondary N) is 1. The van der Waals surface area contributed by atoms with E-state index in [1.807, 2.05) is 0 Å². The summed E-state index contributed by atoms with van der Waals surface area (Å²) in [4.78, 5) is 27.6. The minimum Gasteiger partial charge on any atom is -0.457 e. The number of thioether (sulfide) groups is 1. The van der Waals surface area contributed by atoms with Crippen LogP contribution in [0.2, 0.25) is 0 Å². The van der Waals surface area contributed by atoms with Crippen LogP contribution < -0.4 is 4.74 Å². The Kier molecular flexibility index (Phi) is 4.78. The monoisotopic (exact) mass is 434 g/mol. The van der Waals surface area contributed by atoms with Gasteiger partial charge in [0, 0.05) is 0 Å². The lowest BCUT2D eigenvalue weighted by molar-refractivity contribution is -0.114. The van der Waals surface area contributed by atoms with E-state index >= 15 is 0 Å². The predicted octanol–water partition coefficient (Wildman–Crippen LogP) is 3.68. The molecule has 0 bridgehead atoms. The molecule has 152 valence electrons. The number of amidine groups is 2. The number of amides is 1. The lowest BCUT2D eigenvalue weighted by Gasteiger charge is -2.20. The zero-order valence-corrected chi connectivity index (χ0v) is 15.5. The zero-order valence-electron chi connectivity index (χ0n) is 14.6. The molecule has 8 nitrogen and oxygen atoms in total. The summed E-state index contributed by atoms with van der Waals surface area (Å²) in [5.41, 5.74) is 0.207. The van der Waals surface area contributed by atoms with Crippen molar-refractivity contribution in [2.24, 2.45) is 10.1 Å². The number of fused-ring (bicyclic) bond motifs is 1. The minimum atomic E-state index is -4.71. The summed E-state index contributed by atoms with van der Waals surface area (Å²) in [6, 6.07) is 8.88. The first-order chi connectivity index (χ1) is 14.2. The molecule has 4 rings (SSSR count). The Morgan fingerprint density at radius 3 is 2.60 bits per heavy atom. The van der Waals surface area contributed by atoms with E-state index < -0.39 is 28.9 Å². The van der Waals surface area contributed by atoms with Gasteiger partial charge in [-0.2, -0.15) is 28.3 Å². The van der Waals surface area contributed by atoms with Gasteiger partial charge in [-0.05, 0) is 47.7 Å². The molecule has 3 heterocycles. The van der Waals surface area contributed by atoms with Crippen molar-refractivity contribution >= 4 is 45.8 Å². The number of alkyl halides is 3. The lowest BCUT2D eigenvalue weighted by atomic mass is 10.1. The van der Waals surface area contributed by atoms with E-state index in [4.69, 9.17) is 14.6 Å². The topological polar surface area (TPSA) is 108 Å². The molecule has 0 saturated carbocycles. The van der Waals surface area contributed by atoms with Gasteiger partial charge in [-0.3, -0.25) is 10.2 Å². The van der Waals surface area contributed by atoms with Crippen molar-refractivity contribution in [1.82, 2.24) is 5.01 Å². The molecule has 0 atom stereocenters. The van der Waals surface area contributed by atoms with Gasteiger partial charge in [0.15, 0.2) is 5.84 Å². The molecule has 0 spiro atoms. The van der Waals surface area contributed by atoms with Crippen molar-refractivity contribution in [2.75, 3.05) is 0 Å². The summed E-state index contributed by atoms with van der Waals surface area (Å²) in [5, 5.41) is 10.5. The molecule has 12 heteroatoms. The number of halogens is 3. The van der Waals surface area contributed by atoms with Crippen LogP contribution in [0.25, 0.3) is 6.08 Å². The number of benzene rings is 1. The van der Waals surface area contributed by atoms with E-state index in [9.17, 15) is 22.8 Å².